The highest BCUT2D eigenvalue weighted by Crippen LogP contribution is 2.07. The average molecular weight is 343 g/mol. The number of halogens is 1. The van der Waals surface area contributed by atoms with Crippen LogP contribution in [0.3, 0.4) is 0 Å². The molecule has 0 radical (unpaired) electrons. The summed E-state index contributed by atoms with van der Waals surface area (Å²) in [6, 6.07) is 8.70. The smallest absolute Gasteiger partial charge is 0.0130 e. The first-order valence-electron chi connectivity index (χ1n) is 6.12. The summed E-state index contributed by atoms with van der Waals surface area (Å²) in [5.74, 6) is 0. The van der Waals surface area contributed by atoms with Crippen molar-refractivity contribution in [3.63, 3.8) is 0 Å². The topological polar surface area (TPSA) is 12.0 Å². The number of rotatable bonds is 5. The molecule has 17 heavy (non-hydrogen) atoms. The fourth-order valence-corrected chi connectivity index (χ4v) is 1.85. The second kappa shape index (κ2) is 7.17. The summed E-state index contributed by atoms with van der Waals surface area (Å²) in [4.78, 5) is 0. The van der Waals surface area contributed by atoms with Gasteiger partial charge in [-0.05, 0) is 80.4 Å². The number of hydrogen-bond acceptors (Lipinski definition) is 1. The van der Waals surface area contributed by atoms with Gasteiger partial charge in [0, 0.05) is 9.11 Å². The molecular weight excluding hydrogens is 321 g/mol. The van der Waals surface area contributed by atoms with Crippen molar-refractivity contribution in [3.8, 4) is 0 Å². The lowest BCUT2D eigenvalue weighted by molar-refractivity contribution is 0.431. The van der Waals surface area contributed by atoms with E-state index in [1.165, 1.54) is 9.13 Å². The zero-order valence-corrected chi connectivity index (χ0v) is 13.1. The van der Waals surface area contributed by atoms with Gasteiger partial charge in [-0.1, -0.05) is 24.3 Å². The number of allylic oxidation sites excluding steroid dienone is 1. The van der Waals surface area contributed by atoms with E-state index in [0.29, 0.717) is 0 Å². The molecule has 0 saturated heterocycles. The molecule has 0 atom stereocenters. The van der Waals surface area contributed by atoms with E-state index in [4.69, 9.17) is 0 Å². The van der Waals surface area contributed by atoms with Crippen molar-refractivity contribution in [2.75, 3.05) is 6.54 Å². The van der Waals surface area contributed by atoms with Crippen molar-refractivity contribution in [1.82, 2.24) is 5.32 Å². The van der Waals surface area contributed by atoms with Crippen molar-refractivity contribution in [2.45, 2.75) is 39.2 Å². The average Bonchev–Trinajstić information content (AvgIpc) is 2.24. The Morgan fingerprint density at radius 3 is 2.35 bits per heavy atom. The molecule has 0 aliphatic rings. The Morgan fingerprint density at radius 1 is 1.12 bits per heavy atom. The third-order valence-corrected chi connectivity index (χ3v) is 3.12. The molecule has 1 aromatic rings. The molecule has 1 aromatic carbocycles. The molecule has 0 spiro atoms. The Hall–Kier alpha value is -0.350. The zero-order chi connectivity index (χ0) is 12.7. The molecule has 0 fully saturated rings. The van der Waals surface area contributed by atoms with Crippen molar-refractivity contribution in [3.05, 3.63) is 45.6 Å². The molecule has 0 bridgehead atoms. The summed E-state index contributed by atoms with van der Waals surface area (Å²) < 4.78 is 1.30. The predicted octanol–water partition coefficient (Wildman–Crippen LogP) is 4.17. The molecule has 0 aliphatic heterocycles. The maximum absolute atomic E-state index is 3.48. The predicted molar refractivity (Wildman–Crippen MR) is 84.4 cm³/mol. The maximum Gasteiger partial charge on any atom is 0.0130 e. The van der Waals surface area contributed by atoms with Crippen LogP contribution in [0.15, 0.2) is 36.4 Å². The minimum Gasteiger partial charge on any atom is -0.312 e. The Kier molecular flexibility index (Phi) is 6.20. The van der Waals surface area contributed by atoms with Gasteiger partial charge in [-0.2, -0.15) is 0 Å². The van der Waals surface area contributed by atoms with Crippen LogP contribution in [0.4, 0.5) is 0 Å². The van der Waals surface area contributed by atoms with Crippen LogP contribution in [0.2, 0.25) is 0 Å². The Morgan fingerprint density at radius 2 is 1.76 bits per heavy atom. The number of hydrogen-bond donors (Lipinski definition) is 1. The van der Waals surface area contributed by atoms with E-state index in [2.05, 4.69) is 85.1 Å². The molecule has 1 nitrogen and oxygen atoms in total. The van der Waals surface area contributed by atoms with Gasteiger partial charge in [-0.3, -0.25) is 0 Å². The standard InChI is InChI=1S/C15H22IN/c1-15(2,3)17-12-6-4-5-7-13-8-10-14(16)11-9-13/h4-5,8-11,17H,6-7,12H2,1-3H3. The summed E-state index contributed by atoms with van der Waals surface area (Å²) in [6.45, 7) is 7.64. The minimum absolute atomic E-state index is 0.226. The minimum atomic E-state index is 0.226. The van der Waals surface area contributed by atoms with E-state index in [9.17, 15) is 0 Å². The second-order valence-corrected chi connectivity index (χ2v) is 6.51. The van der Waals surface area contributed by atoms with Crippen molar-refractivity contribution >= 4 is 22.6 Å². The third-order valence-electron chi connectivity index (χ3n) is 2.40. The van der Waals surface area contributed by atoms with Gasteiger partial charge in [-0.25, -0.2) is 0 Å². The van der Waals surface area contributed by atoms with E-state index < -0.39 is 0 Å². The van der Waals surface area contributed by atoms with E-state index >= 15 is 0 Å². The van der Waals surface area contributed by atoms with E-state index in [0.717, 1.165) is 19.4 Å². The fraction of sp³-hybridized carbons (Fsp3) is 0.467. The Balaban J connectivity index is 2.20. The van der Waals surface area contributed by atoms with Crippen LogP contribution in [0, 0.1) is 3.57 Å². The molecule has 2 heteroatoms. The first kappa shape index (κ1) is 14.7. The van der Waals surface area contributed by atoms with Gasteiger partial charge in [0.05, 0.1) is 0 Å². The van der Waals surface area contributed by atoms with Crippen molar-refractivity contribution in [2.24, 2.45) is 0 Å². The van der Waals surface area contributed by atoms with Crippen LogP contribution >= 0.6 is 22.6 Å². The molecule has 0 heterocycles. The third kappa shape index (κ3) is 7.55. The zero-order valence-electron chi connectivity index (χ0n) is 11.0. The van der Waals surface area contributed by atoms with Gasteiger partial charge in [0.25, 0.3) is 0 Å². The van der Waals surface area contributed by atoms with Crippen molar-refractivity contribution < 1.29 is 0 Å². The molecule has 0 unspecified atom stereocenters. The molecule has 0 aromatic heterocycles. The SMILES string of the molecule is CC(C)(C)NCCC=CCc1ccc(I)cc1. The van der Waals surface area contributed by atoms with Gasteiger partial charge in [-0.15, -0.1) is 0 Å². The first-order valence-corrected chi connectivity index (χ1v) is 7.20. The maximum atomic E-state index is 3.48. The van der Waals surface area contributed by atoms with E-state index in [-0.39, 0.29) is 5.54 Å². The van der Waals surface area contributed by atoms with Crippen LogP contribution in [-0.2, 0) is 6.42 Å². The highest BCUT2D eigenvalue weighted by molar-refractivity contribution is 14.1. The molecule has 0 amide bonds. The quantitative estimate of drug-likeness (QED) is 0.481. The molecule has 0 saturated carbocycles. The van der Waals surface area contributed by atoms with E-state index in [1.54, 1.807) is 0 Å². The van der Waals surface area contributed by atoms with Gasteiger partial charge in [0.1, 0.15) is 0 Å². The van der Waals surface area contributed by atoms with Crippen molar-refractivity contribution in [1.29, 1.82) is 0 Å². The van der Waals surface area contributed by atoms with Gasteiger partial charge in [0.15, 0.2) is 0 Å². The van der Waals surface area contributed by atoms with Gasteiger partial charge >= 0.3 is 0 Å². The highest BCUT2D eigenvalue weighted by Gasteiger charge is 2.05. The first-order chi connectivity index (χ1) is 7.97. The monoisotopic (exact) mass is 343 g/mol. The lowest BCUT2D eigenvalue weighted by atomic mass is 10.1. The lowest BCUT2D eigenvalue weighted by Gasteiger charge is -2.19. The summed E-state index contributed by atoms with van der Waals surface area (Å²) >= 11 is 2.33. The number of benzene rings is 1. The Labute approximate surface area is 119 Å². The Bertz CT molecular complexity index is 346. The van der Waals surface area contributed by atoms with Crippen LogP contribution in [0.25, 0.3) is 0 Å². The molecular formula is C15H22IN. The van der Waals surface area contributed by atoms with E-state index in [1.807, 2.05) is 0 Å². The largest absolute Gasteiger partial charge is 0.312 e. The molecule has 0 aliphatic carbocycles. The summed E-state index contributed by atoms with van der Waals surface area (Å²) in [7, 11) is 0. The lowest BCUT2D eigenvalue weighted by Crippen LogP contribution is -2.36. The second-order valence-electron chi connectivity index (χ2n) is 5.27. The van der Waals surface area contributed by atoms with Gasteiger partial charge in [0.2, 0.25) is 0 Å². The van der Waals surface area contributed by atoms with Crippen LogP contribution in [0.1, 0.15) is 32.8 Å². The fourth-order valence-electron chi connectivity index (χ4n) is 1.49. The summed E-state index contributed by atoms with van der Waals surface area (Å²) in [5.41, 5.74) is 1.61. The number of nitrogens with one attached hydrogen (secondary N) is 1. The van der Waals surface area contributed by atoms with Crippen LogP contribution in [0.5, 0.6) is 0 Å². The van der Waals surface area contributed by atoms with Crippen LogP contribution in [-0.4, -0.2) is 12.1 Å². The summed E-state index contributed by atoms with van der Waals surface area (Å²) in [6.07, 6.45) is 6.65. The summed E-state index contributed by atoms with van der Waals surface area (Å²) in [5, 5.41) is 3.48. The molecule has 1 rings (SSSR count). The molecule has 1 N–H and O–H groups in total. The highest BCUT2D eigenvalue weighted by atomic mass is 127. The van der Waals surface area contributed by atoms with Crippen LogP contribution < -0.4 is 5.32 Å². The normalized spacial score (nSPS) is 12.2. The van der Waals surface area contributed by atoms with Gasteiger partial charge < -0.3 is 5.32 Å². The molecule has 94 valence electrons.